The number of rotatable bonds is 3. The summed E-state index contributed by atoms with van der Waals surface area (Å²) in [5.74, 6) is -2.85. The molecule has 2 saturated carbocycles. The maximum absolute atomic E-state index is 14.2. The average Bonchev–Trinajstić information content (AvgIpc) is 3.08. The van der Waals surface area contributed by atoms with Crippen LogP contribution in [0.25, 0.3) is 0 Å². The minimum atomic E-state index is -1.75. The monoisotopic (exact) mass is 507 g/mol. The first kappa shape index (κ1) is 25.9. The van der Waals surface area contributed by atoms with Gasteiger partial charge in [-0.1, -0.05) is 50.8 Å². The third-order valence-electron chi connectivity index (χ3n) is 9.55. The van der Waals surface area contributed by atoms with Crippen LogP contribution < -0.4 is 5.32 Å². The van der Waals surface area contributed by atoms with Crippen molar-refractivity contribution >= 4 is 17.7 Å². The Kier molecular flexibility index (Phi) is 6.23. The number of fused-ring (bicyclic) bond motifs is 1. The molecule has 3 fully saturated rings. The molecule has 0 radical (unpaired) electrons. The van der Waals surface area contributed by atoms with Crippen LogP contribution in [0.3, 0.4) is 0 Å². The summed E-state index contributed by atoms with van der Waals surface area (Å²) >= 11 is 0. The number of Topliss-reactive ketones (excluding diaryl/α,β-unsaturated/α-hetero) is 1. The zero-order valence-electron chi connectivity index (χ0n) is 21.9. The number of aliphatic hydroxyl groups is 2. The zero-order chi connectivity index (χ0) is 26.9. The Balaban J connectivity index is 1.71. The van der Waals surface area contributed by atoms with Gasteiger partial charge in [-0.3, -0.25) is 14.4 Å². The van der Waals surface area contributed by atoms with Crippen molar-refractivity contribution in [2.24, 2.45) is 35.0 Å². The molecule has 0 unspecified atom stereocenters. The van der Waals surface area contributed by atoms with Crippen molar-refractivity contribution in [2.75, 3.05) is 0 Å². The smallest absolute Gasteiger partial charge is 0.303 e. The summed E-state index contributed by atoms with van der Waals surface area (Å²) in [6.45, 7) is 10.8. The van der Waals surface area contributed by atoms with E-state index in [1.54, 1.807) is 6.92 Å². The predicted molar refractivity (Wildman–Crippen MR) is 137 cm³/mol. The van der Waals surface area contributed by atoms with Gasteiger partial charge in [0.15, 0.2) is 5.78 Å². The van der Waals surface area contributed by atoms with E-state index in [0.29, 0.717) is 30.4 Å². The van der Waals surface area contributed by atoms with E-state index in [-0.39, 0.29) is 35.5 Å². The molecule has 3 N–H and O–H groups in total. The van der Waals surface area contributed by atoms with Gasteiger partial charge in [-0.15, -0.1) is 0 Å². The number of esters is 1. The topological polar surface area (TPSA) is 113 Å². The third-order valence-corrected chi connectivity index (χ3v) is 9.55. The fraction of sp³-hybridized carbons (Fsp3) is 0.567. The Morgan fingerprint density at radius 2 is 1.86 bits per heavy atom. The minimum absolute atomic E-state index is 0.231. The van der Waals surface area contributed by atoms with Crippen LogP contribution in [0.15, 0.2) is 54.1 Å². The first-order valence-corrected chi connectivity index (χ1v) is 13.3. The number of aliphatic hydroxyl groups excluding tert-OH is 1. The van der Waals surface area contributed by atoms with E-state index in [1.165, 1.54) is 19.9 Å². The van der Waals surface area contributed by atoms with Gasteiger partial charge < -0.3 is 20.3 Å². The van der Waals surface area contributed by atoms with Crippen LogP contribution in [0.4, 0.5) is 0 Å². The van der Waals surface area contributed by atoms with Crippen LogP contribution in [-0.2, 0) is 25.5 Å². The molecule has 1 saturated heterocycles. The molecule has 4 aliphatic rings. The Bertz CT molecular complexity index is 1170. The van der Waals surface area contributed by atoms with E-state index < -0.39 is 41.0 Å². The molecule has 1 aromatic carbocycles. The highest BCUT2D eigenvalue weighted by Crippen LogP contribution is 2.64. The molecular formula is C30H37NO6. The Morgan fingerprint density at radius 1 is 1.19 bits per heavy atom. The van der Waals surface area contributed by atoms with Gasteiger partial charge in [0, 0.05) is 30.7 Å². The standard InChI is InChI=1S/C30H37NO6/c1-15-11-20-13-22-25(33)17(3)16(2)24-23(12-19-9-7-6-8-10-19)31-28(35)30(22,24)27(37-18(4)32)21(20)14-29(5,36)26(15)34/h6-10,14-16,20,22-25,27,33,36H,3,11-13H2,1-2,4-5H3,(H,31,35)/t15-,16-,20+,22+,23+,24-,25+,27+,29+,30-/m0/s1. The lowest BCUT2D eigenvalue weighted by atomic mass is 9.46. The highest BCUT2D eigenvalue weighted by Gasteiger charge is 2.72. The van der Waals surface area contributed by atoms with Gasteiger partial charge in [-0.25, -0.2) is 0 Å². The van der Waals surface area contributed by atoms with E-state index in [2.05, 4.69) is 11.9 Å². The number of benzene rings is 1. The van der Waals surface area contributed by atoms with E-state index >= 15 is 0 Å². The largest absolute Gasteiger partial charge is 0.457 e. The van der Waals surface area contributed by atoms with Gasteiger partial charge in [-0.05, 0) is 60.8 Å². The van der Waals surface area contributed by atoms with Gasteiger partial charge in [0.1, 0.15) is 17.1 Å². The first-order chi connectivity index (χ1) is 17.4. The number of ketones is 1. The summed E-state index contributed by atoms with van der Waals surface area (Å²) in [6.07, 6.45) is 1.03. The lowest BCUT2D eigenvalue weighted by Gasteiger charge is -2.58. The van der Waals surface area contributed by atoms with Crippen molar-refractivity contribution in [2.45, 2.75) is 70.8 Å². The number of carbonyl (C=O) groups excluding carboxylic acids is 3. The molecule has 7 nitrogen and oxygen atoms in total. The van der Waals surface area contributed by atoms with Gasteiger partial charge in [0.25, 0.3) is 0 Å². The van der Waals surface area contributed by atoms with E-state index in [4.69, 9.17) is 4.74 Å². The normalized spacial score (nSPS) is 43.1. The molecule has 0 aromatic heterocycles. The molecule has 37 heavy (non-hydrogen) atoms. The summed E-state index contributed by atoms with van der Waals surface area (Å²) in [4.78, 5) is 39.8. The van der Waals surface area contributed by atoms with Crippen molar-refractivity contribution in [3.8, 4) is 0 Å². The molecule has 198 valence electrons. The molecule has 1 heterocycles. The Morgan fingerprint density at radius 3 is 2.51 bits per heavy atom. The van der Waals surface area contributed by atoms with E-state index in [1.807, 2.05) is 37.3 Å². The molecule has 0 bridgehead atoms. The quantitative estimate of drug-likeness (QED) is 0.428. The highest BCUT2D eigenvalue weighted by atomic mass is 16.5. The molecule has 7 heteroatoms. The number of hydrogen-bond donors (Lipinski definition) is 3. The van der Waals surface area contributed by atoms with Crippen molar-refractivity contribution in [3.05, 3.63) is 59.7 Å². The van der Waals surface area contributed by atoms with Crippen LogP contribution in [0.1, 0.15) is 46.1 Å². The fourth-order valence-corrected chi connectivity index (χ4v) is 8.04. The van der Waals surface area contributed by atoms with Crippen molar-refractivity contribution in [1.82, 2.24) is 5.32 Å². The van der Waals surface area contributed by atoms with Crippen molar-refractivity contribution in [1.29, 1.82) is 0 Å². The van der Waals surface area contributed by atoms with Crippen molar-refractivity contribution in [3.63, 3.8) is 0 Å². The van der Waals surface area contributed by atoms with Gasteiger partial charge >= 0.3 is 5.97 Å². The Labute approximate surface area is 218 Å². The molecule has 1 spiro atoms. The molecule has 1 aromatic rings. The summed E-state index contributed by atoms with van der Waals surface area (Å²) < 4.78 is 6.02. The molecular weight excluding hydrogens is 470 g/mol. The van der Waals surface area contributed by atoms with Crippen LogP contribution in [0, 0.1) is 35.0 Å². The lowest BCUT2D eigenvalue weighted by Crippen LogP contribution is -2.64. The number of nitrogens with one attached hydrogen (secondary N) is 1. The van der Waals surface area contributed by atoms with E-state index in [0.717, 1.165) is 5.56 Å². The molecule has 1 amide bonds. The zero-order valence-corrected chi connectivity index (χ0v) is 21.9. The van der Waals surface area contributed by atoms with Crippen LogP contribution >= 0.6 is 0 Å². The molecule has 10 atom stereocenters. The molecule has 1 aliphatic heterocycles. The number of amides is 1. The van der Waals surface area contributed by atoms with Gasteiger partial charge in [0.2, 0.25) is 5.91 Å². The average molecular weight is 508 g/mol. The summed E-state index contributed by atoms with van der Waals surface area (Å²) in [7, 11) is 0. The van der Waals surface area contributed by atoms with Gasteiger partial charge in [-0.2, -0.15) is 0 Å². The SMILES string of the molecule is C=C1[C@@H](O)[C@H]2C[C@H]3C[C@H](C)C(=O)[C@](C)(O)C=C3[C@@H](OC(C)=O)[C@]23C(=O)N[C@H](Cc2ccccc2)[C@@H]3[C@H]1C. The minimum Gasteiger partial charge on any atom is -0.457 e. The summed E-state index contributed by atoms with van der Waals surface area (Å²) in [5, 5.41) is 25.9. The highest BCUT2D eigenvalue weighted by molar-refractivity contribution is 5.92. The number of carbonyl (C=O) groups is 3. The maximum atomic E-state index is 14.2. The fourth-order valence-electron chi connectivity index (χ4n) is 8.04. The summed E-state index contributed by atoms with van der Waals surface area (Å²) in [5.41, 5.74) is -0.637. The number of hydrogen-bond acceptors (Lipinski definition) is 6. The summed E-state index contributed by atoms with van der Waals surface area (Å²) in [6, 6.07) is 9.63. The lowest BCUT2D eigenvalue weighted by molar-refractivity contribution is -0.179. The van der Waals surface area contributed by atoms with Crippen LogP contribution in [-0.4, -0.2) is 51.7 Å². The van der Waals surface area contributed by atoms with Crippen LogP contribution in [0.2, 0.25) is 0 Å². The maximum Gasteiger partial charge on any atom is 0.303 e. The van der Waals surface area contributed by atoms with Crippen LogP contribution in [0.5, 0.6) is 0 Å². The van der Waals surface area contributed by atoms with Crippen molar-refractivity contribution < 1.29 is 29.3 Å². The second-order valence-corrected chi connectivity index (χ2v) is 11.9. The van der Waals surface area contributed by atoms with Gasteiger partial charge in [0.05, 0.1) is 6.10 Å². The predicted octanol–water partition coefficient (Wildman–Crippen LogP) is 2.75. The van der Waals surface area contributed by atoms with E-state index in [9.17, 15) is 24.6 Å². The second kappa shape index (κ2) is 8.91. The molecule has 3 aliphatic carbocycles. The second-order valence-electron chi connectivity index (χ2n) is 11.9. The molecule has 5 rings (SSSR count). The third kappa shape index (κ3) is 3.81. The first-order valence-electron chi connectivity index (χ1n) is 13.3. The Hall–Kier alpha value is -2.77. The number of ether oxygens (including phenoxy) is 1.